The molecular weight excluding hydrogens is 398 g/mol. The van der Waals surface area contributed by atoms with Crippen molar-refractivity contribution >= 4 is 15.7 Å². The molecular formula is C21H24F2N2O3S. The first-order valence-electron chi connectivity index (χ1n) is 9.57. The molecule has 1 heterocycles. The topological polar surface area (TPSA) is 66.5 Å². The van der Waals surface area contributed by atoms with Crippen LogP contribution in [-0.2, 0) is 22.9 Å². The minimum atomic E-state index is -4.66. The first-order valence-corrected chi connectivity index (χ1v) is 11.1. The number of hydrogen-bond acceptors (Lipinski definition) is 4. The number of nitrogens with zero attached hydrogens (tertiary/aromatic N) is 1. The van der Waals surface area contributed by atoms with Crippen LogP contribution in [-0.4, -0.2) is 38.1 Å². The van der Waals surface area contributed by atoms with E-state index in [0.29, 0.717) is 6.54 Å². The molecule has 3 rings (SSSR count). The van der Waals surface area contributed by atoms with Crippen molar-refractivity contribution in [3.8, 4) is 0 Å². The van der Waals surface area contributed by atoms with Gasteiger partial charge in [-0.25, -0.2) is 8.42 Å². The summed E-state index contributed by atoms with van der Waals surface area (Å²) in [6.45, 7) is 3.52. The molecule has 1 amide bonds. The van der Waals surface area contributed by atoms with Crippen LogP contribution in [0.2, 0.25) is 0 Å². The summed E-state index contributed by atoms with van der Waals surface area (Å²) in [6.07, 6.45) is 3.80. The second-order valence-corrected chi connectivity index (χ2v) is 9.08. The van der Waals surface area contributed by atoms with Gasteiger partial charge in [0, 0.05) is 18.7 Å². The number of carbonyl (C=O) groups excluding carboxylic acids is 1. The maximum atomic E-state index is 12.6. The second kappa shape index (κ2) is 9.45. The van der Waals surface area contributed by atoms with Crippen LogP contribution in [0.15, 0.2) is 53.4 Å². The van der Waals surface area contributed by atoms with Crippen molar-refractivity contribution in [2.75, 3.05) is 13.1 Å². The van der Waals surface area contributed by atoms with Crippen LogP contribution in [0.1, 0.15) is 40.7 Å². The monoisotopic (exact) mass is 422 g/mol. The molecule has 2 aromatic carbocycles. The molecule has 29 heavy (non-hydrogen) atoms. The van der Waals surface area contributed by atoms with Crippen LogP contribution in [0.25, 0.3) is 0 Å². The van der Waals surface area contributed by atoms with E-state index in [1.54, 1.807) is 0 Å². The van der Waals surface area contributed by atoms with E-state index in [9.17, 15) is 22.0 Å². The maximum absolute atomic E-state index is 12.6. The van der Waals surface area contributed by atoms with Crippen LogP contribution >= 0.6 is 0 Å². The zero-order valence-corrected chi connectivity index (χ0v) is 16.8. The highest BCUT2D eigenvalue weighted by molar-refractivity contribution is 7.91. The highest BCUT2D eigenvalue weighted by Crippen LogP contribution is 2.19. The molecule has 1 fully saturated rings. The predicted molar refractivity (Wildman–Crippen MR) is 106 cm³/mol. The molecule has 1 saturated heterocycles. The average Bonchev–Trinajstić information content (AvgIpc) is 2.74. The summed E-state index contributed by atoms with van der Waals surface area (Å²) in [5, 5.41) is 2.75. The summed E-state index contributed by atoms with van der Waals surface area (Å²) in [6, 6.07) is 12.5. The molecule has 0 aromatic heterocycles. The van der Waals surface area contributed by atoms with Crippen LogP contribution in [0.5, 0.6) is 0 Å². The molecule has 1 aliphatic rings. The Labute approximate surface area is 169 Å². The Kier molecular flexibility index (Phi) is 6.97. The number of carbonyl (C=O) groups is 1. The van der Waals surface area contributed by atoms with Gasteiger partial charge in [-0.3, -0.25) is 9.69 Å². The standard InChI is InChI=1S/C21H24F2N2O3S/c22-21(23)29(27,28)19-10-8-18(9-11-19)20(26)24-14-16-4-6-17(7-5-16)15-25-12-2-1-3-13-25/h4-11,21H,1-3,12-15H2,(H,24,26). The molecule has 0 unspecified atom stereocenters. The summed E-state index contributed by atoms with van der Waals surface area (Å²) in [4.78, 5) is 14.2. The van der Waals surface area contributed by atoms with Crippen molar-refractivity contribution in [3.05, 3.63) is 65.2 Å². The Hall–Kier alpha value is -2.32. The van der Waals surface area contributed by atoms with E-state index in [2.05, 4.69) is 22.3 Å². The van der Waals surface area contributed by atoms with Crippen molar-refractivity contribution in [3.63, 3.8) is 0 Å². The van der Waals surface area contributed by atoms with Crippen molar-refractivity contribution in [2.24, 2.45) is 0 Å². The summed E-state index contributed by atoms with van der Waals surface area (Å²) in [5.74, 6) is -3.89. The average molecular weight is 422 g/mol. The van der Waals surface area contributed by atoms with Crippen molar-refractivity contribution in [2.45, 2.75) is 43.0 Å². The Morgan fingerprint density at radius 3 is 2.10 bits per heavy atom. The minimum absolute atomic E-state index is 0.208. The SMILES string of the molecule is O=C(NCc1ccc(CN2CCCCC2)cc1)c1ccc(S(=O)(=O)C(F)F)cc1. The lowest BCUT2D eigenvalue weighted by Gasteiger charge is -2.26. The molecule has 0 aliphatic carbocycles. The number of benzene rings is 2. The minimum Gasteiger partial charge on any atom is -0.348 e. The molecule has 0 radical (unpaired) electrons. The number of likely N-dealkylation sites (tertiary alicyclic amines) is 1. The Morgan fingerprint density at radius 2 is 1.52 bits per heavy atom. The lowest BCUT2D eigenvalue weighted by molar-refractivity contribution is 0.0951. The van der Waals surface area contributed by atoms with Crippen molar-refractivity contribution in [1.82, 2.24) is 10.2 Å². The number of rotatable bonds is 7. The van der Waals surface area contributed by atoms with Gasteiger partial charge in [0.2, 0.25) is 9.84 Å². The highest BCUT2D eigenvalue weighted by Gasteiger charge is 2.26. The second-order valence-electron chi connectivity index (χ2n) is 7.17. The maximum Gasteiger partial charge on any atom is 0.341 e. The zero-order valence-electron chi connectivity index (χ0n) is 16.0. The molecule has 1 aliphatic heterocycles. The third-order valence-electron chi connectivity index (χ3n) is 5.01. The van der Waals surface area contributed by atoms with E-state index in [-0.39, 0.29) is 5.56 Å². The molecule has 8 heteroatoms. The highest BCUT2D eigenvalue weighted by atomic mass is 32.2. The van der Waals surface area contributed by atoms with Gasteiger partial charge in [-0.05, 0) is 61.3 Å². The van der Waals surface area contributed by atoms with E-state index in [1.165, 1.54) is 37.0 Å². The lowest BCUT2D eigenvalue weighted by atomic mass is 10.1. The number of piperidine rings is 1. The zero-order chi connectivity index (χ0) is 20.9. The third kappa shape index (κ3) is 5.61. The molecule has 0 spiro atoms. The summed E-state index contributed by atoms with van der Waals surface area (Å²) in [7, 11) is -4.66. The number of hydrogen-bond donors (Lipinski definition) is 1. The summed E-state index contributed by atoms with van der Waals surface area (Å²) >= 11 is 0. The van der Waals surface area contributed by atoms with Gasteiger partial charge in [0.1, 0.15) is 0 Å². The fourth-order valence-corrected chi connectivity index (χ4v) is 4.04. The number of nitrogens with one attached hydrogen (secondary N) is 1. The van der Waals surface area contributed by atoms with Gasteiger partial charge in [-0.1, -0.05) is 30.7 Å². The van der Waals surface area contributed by atoms with Crippen molar-refractivity contribution < 1.29 is 22.0 Å². The van der Waals surface area contributed by atoms with E-state index in [0.717, 1.165) is 37.3 Å². The molecule has 0 atom stereocenters. The van der Waals surface area contributed by atoms with Crippen LogP contribution in [0, 0.1) is 0 Å². The lowest BCUT2D eigenvalue weighted by Crippen LogP contribution is -2.29. The van der Waals surface area contributed by atoms with Crippen LogP contribution < -0.4 is 5.32 Å². The predicted octanol–water partition coefficient (Wildman–Crippen LogP) is 3.60. The van der Waals surface area contributed by atoms with E-state index < -0.39 is 26.4 Å². The number of sulfone groups is 1. The number of alkyl halides is 2. The van der Waals surface area contributed by atoms with E-state index >= 15 is 0 Å². The van der Waals surface area contributed by atoms with E-state index in [4.69, 9.17) is 0 Å². The summed E-state index contributed by atoms with van der Waals surface area (Å²) < 4.78 is 48.0. The molecule has 156 valence electrons. The van der Waals surface area contributed by atoms with Gasteiger partial charge < -0.3 is 5.32 Å². The molecule has 0 saturated carbocycles. The van der Waals surface area contributed by atoms with E-state index in [1.807, 2.05) is 12.1 Å². The smallest absolute Gasteiger partial charge is 0.341 e. The van der Waals surface area contributed by atoms with Crippen LogP contribution in [0.4, 0.5) is 8.78 Å². The van der Waals surface area contributed by atoms with Crippen molar-refractivity contribution in [1.29, 1.82) is 0 Å². The molecule has 5 nitrogen and oxygen atoms in total. The third-order valence-corrected chi connectivity index (χ3v) is 6.41. The Balaban J connectivity index is 1.53. The largest absolute Gasteiger partial charge is 0.348 e. The summed E-state index contributed by atoms with van der Waals surface area (Å²) in [5.41, 5.74) is 2.38. The first-order chi connectivity index (χ1) is 13.9. The van der Waals surface area contributed by atoms with Gasteiger partial charge in [0.05, 0.1) is 4.90 Å². The number of halogens is 2. The number of amides is 1. The Bertz CT molecular complexity index is 923. The van der Waals surface area contributed by atoms with Gasteiger partial charge in [-0.15, -0.1) is 0 Å². The molecule has 0 bridgehead atoms. The fraction of sp³-hybridized carbons (Fsp3) is 0.381. The Morgan fingerprint density at radius 1 is 0.931 bits per heavy atom. The quantitative estimate of drug-likeness (QED) is 0.741. The normalized spacial score (nSPS) is 15.4. The van der Waals surface area contributed by atoms with Gasteiger partial charge in [-0.2, -0.15) is 8.78 Å². The fourth-order valence-electron chi connectivity index (χ4n) is 3.32. The first kappa shape index (κ1) is 21.4. The van der Waals surface area contributed by atoms with Crippen LogP contribution in [0.3, 0.4) is 0 Å². The van der Waals surface area contributed by atoms with Gasteiger partial charge >= 0.3 is 5.76 Å². The van der Waals surface area contributed by atoms with Gasteiger partial charge in [0.15, 0.2) is 0 Å². The molecule has 1 N–H and O–H groups in total. The molecule has 2 aromatic rings. The van der Waals surface area contributed by atoms with Gasteiger partial charge in [0.25, 0.3) is 5.91 Å².